The zero-order valence-electron chi connectivity index (χ0n) is 15.2. The van der Waals surface area contributed by atoms with Crippen molar-refractivity contribution >= 4 is 17.8 Å². The predicted octanol–water partition coefficient (Wildman–Crippen LogP) is 1.78. The van der Waals surface area contributed by atoms with Crippen LogP contribution in [0.2, 0.25) is 0 Å². The third-order valence-electron chi connectivity index (χ3n) is 4.56. The Bertz CT molecular complexity index is 869. The molecule has 3 rings (SSSR count). The zero-order chi connectivity index (χ0) is 19.4. The molecule has 1 heterocycles. The number of hydrogen-bond donors (Lipinski definition) is 2. The molecule has 0 radical (unpaired) electrons. The van der Waals surface area contributed by atoms with Gasteiger partial charge in [0.2, 0.25) is 5.91 Å². The van der Waals surface area contributed by atoms with Crippen LogP contribution in [0.5, 0.6) is 5.75 Å². The van der Waals surface area contributed by atoms with E-state index in [1.807, 2.05) is 30.3 Å². The third kappa shape index (κ3) is 3.76. The Morgan fingerprint density at radius 2 is 1.89 bits per heavy atom. The van der Waals surface area contributed by atoms with Crippen molar-refractivity contribution in [2.24, 2.45) is 0 Å². The van der Waals surface area contributed by atoms with Gasteiger partial charge in [0, 0.05) is 6.54 Å². The summed E-state index contributed by atoms with van der Waals surface area (Å²) in [4.78, 5) is 38.3. The second-order valence-corrected chi connectivity index (χ2v) is 6.44. The van der Waals surface area contributed by atoms with Crippen molar-refractivity contribution in [2.45, 2.75) is 19.0 Å². The standard InChI is InChI=1S/C20H21N3O4/c1-20(15-9-6-10-16(11-15)27-2)18(25)23(19(26)22-20)13-17(24)21-12-14-7-4-3-5-8-14/h3-11H,12-13H2,1-2H3,(H,21,24)(H,22,26). The summed E-state index contributed by atoms with van der Waals surface area (Å²) in [5.41, 5.74) is 0.280. The van der Waals surface area contributed by atoms with E-state index in [2.05, 4.69) is 10.6 Å². The Hall–Kier alpha value is -3.35. The highest BCUT2D eigenvalue weighted by atomic mass is 16.5. The molecule has 1 aliphatic heterocycles. The van der Waals surface area contributed by atoms with Crippen LogP contribution in [0, 0.1) is 0 Å². The van der Waals surface area contributed by atoms with E-state index in [9.17, 15) is 14.4 Å². The molecule has 1 fully saturated rings. The van der Waals surface area contributed by atoms with Gasteiger partial charge in [-0.1, -0.05) is 42.5 Å². The lowest BCUT2D eigenvalue weighted by Crippen LogP contribution is -2.43. The van der Waals surface area contributed by atoms with E-state index < -0.39 is 23.4 Å². The summed E-state index contributed by atoms with van der Waals surface area (Å²) in [7, 11) is 1.53. The van der Waals surface area contributed by atoms with Gasteiger partial charge in [-0.3, -0.25) is 14.5 Å². The molecule has 7 nitrogen and oxygen atoms in total. The van der Waals surface area contributed by atoms with E-state index in [4.69, 9.17) is 4.74 Å². The summed E-state index contributed by atoms with van der Waals surface area (Å²) in [6.45, 7) is 1.61. The van der Waals surface area contributed by atoms with Gasteiger partial charge < -0.3 is 15.4 Å². The smallest absolute Gasteiger partial charge is 0.325 e. The molecule has 27 heavy (non-hydrogen) atoms. The van der Waals surface area contributed by atoms with Gasteiger partial charge in [0.1, 0.15) is 17.8 Å². The van der Waals surface area contributed by atoms with Crippen LogP contribution in [0.1, 0.15) is 18.1 Å². The van der Waals surface area contributed by atoms with E-state index in [1.54, 1.807) is 31.2 Å². The molecule has 2 aromatic carbocycles. The van der Waals surface area contributed by atoms with Gasteiger partial charge >= 0.3 is 6.03 Å². The largest absolute Gasteiger partial charge is 0.497 e. The second-order valence-electron chi connectivity index (χ2n) is 6.44. The first-order valence-corrected chi connectivity index (χ1v) is 8.53. The molecule has 7 heteroatoms. The summed E-state index contributed by atoms with van der Waals surface area (Å²) in [6.07, 6.45) is 0. The average Bonchev–Trinajstić information content (AvgIpc) is 2.91. The topological polar surface area (TPSA) is 87.7 Å². The molecule has 140 valence electrons. The maximum atomic E-state index is 12.9. The van der Waals surface area contributed by atoms with Crippen molar-refractivity contribution in [1.82, 2.24) is 15.5 Å². The number of carbonyl (C=O) groups excluding carboxylic acids is 3. The summed E-state index contributed by atoms with van der Waals surface area (Å²) in [6, 6.07) is 15.7. The monoisotopic (exact) mass is 367 g/mol. The quantitative estimate of drug-likeness (QED) is 0.762. The molecule has 1 atom stereocenters. The lowest BCUT2D eigenvalue weighted by atomic mass is 9.92. The van der Waals surface area contributed by atoms with E-state index in [1.165, 1.54) is 7.11 Å². The lowest BCUT2D eigenvalue weighted by molar-refractivity contribution is -0.134. The van der Waals surface area contributed by atoms with Gasteiger partial charge in [-0.25, -0.2) is 4.79 Å². The van der Waals surface area contributed by atoms with Crippen molar-refractivity contribution in [3.05, 3.63) is 65.7 Å². The minimum atomic E-state index is -1.24. The van der Waals surface area contributed by atoms with Gasteiger partial charge in [0.05, 0.1) is 7.11 Å². The van der Waals surface area contributed by atoms with E-state index >= 15 is 0 Å². The lowest BCUT2D eigenvalue weighted by Gasteiger charge is -2.22. The van der Waals surface area contributed by atoms with Crippen molar-refractivity contribution < 1.29 is 19.1 Å². The second kappa shape index (κ2) is 7.49. The van der Waals surface area contributed by atoms with Crippen LogP contribution in [-0.2, 0) is 21.7 Å². The fourth-order valence-electron chi connectivity index (χ4n) is 2.97. The first-order chi connectivity index (χ1) is 12.9. The van der Waals surface area contributed by atoms with Crippen molar-refractivity contribution in [2.75, 3.05) is 13.7 Å². The SMILES string of the molecule is COc1cccc(C2(C)NC(=O)N(CC(=O)NCc3ccccc3)C2=O)c1. The summed E-state index contributed by atoms with van der Waals surface area (Å²) in [5.74, 6) is -0.303. The Kier molecular flexibility index (Phi) is 5.12. The number of ether oxygens (including phenoxy) is 1. The Morgan fingerprint density at radius 3 is 2.59 bits per heavy atom. The molecule has 0 aliphatic carbocycles. The first-order valence-electron chi connectivity index (χ1n) is 8.53. The molecule has 0 bridgehead atoms. The summed E-state index contributed by atoms with van der Waals surface area (Å²) < 4.78 is 5.19. The maximum absolute atomic E-state index is 12.9. The maximum Gasteiger partial charge on any atom is 0.325 e. The van der Waals surface area contributed by atoms with Gasteiger partial charge in [0.25, 0.3) is 5.91 Å². The molecule has 1 unspecified atom stereocenters. The van der Waals surface area contributed by atoms with Crippen LogP contribution in [0.3, 0.4) is 0 Å². The van der Waals surface area contributed by atoms with Crippen LogP contribution >= 0.6 is 0 Å². The highest BCUT2D eigenvalue weighted by Crippen LogP contribution is 2.30. The number of carbonyl (C=O) groups is 3. The number of methoxy groups -OCH3 is 1. The van der Waals surface area contributed by atoms with Crippen molar-refractivity contribution in [1.29, 1.82) is 0 Å². The first kappa shape index (κ1) is 18.4. The summed E-state index contributed by atoms with van der Waals surface area (Å²) >= 11 is 0. The molecule has 1 saturated heterocycles. The van der Waals surface area contributed by atoms with Crippen LogP contribution in [-0.4, -0.2) is 36.4 Å². The molecule has 0 spiro atoms. The normalized spacial score (nSPS) is 19.0. The number of urea groups is 1. The van der Waals surface area contributed by atoms with E-state index in [0.29, 0.717) is 17.9 Å². The van der Waals surface area contributed by atoms with Crippen molar-refractivity contribution in [3.63, 3.8) is 0 Å². The predicted molar refractivity (Wildman–Crippen MR) is 98.9 cm³/mol. The number of amides is 4. The Balaban J connectivity index is 1.69. The number of benzene rings is 2. The van der Waals surface area contributed by atoms with Gasteiger partial charge in [-0.05, 0) is 30.2 Å². The number of imide groups is 1. The van der Waals surface area contributed by atoms with Gasteiger partial charge in [0.15, 0.2) is 0 Å². The summed E-state index contributed by atoms with van der Waals surface area (Å²) in [5, 5.41) is 5.40. The van der Waals surface area contributed by atoms with E-state index in [-0.39, 0.29) is 6.54 Å². The molecule has 0 saturated carbocycles. The zero-order valence-corrected chi connectivity index (χ0v) is 15.2. The van der Waals surface area contributed by atoms with Crippen molar-refractivity contribution in [3.8, 4) is 5.75 Å². The van der Waals surface area contributed by atoms with E-state index in [0.717, 1.165) is 10.5 Å². The Labute approximate surface area is 157 Å². The fraction of sp³-hybridized carbons (Fsp3) is 0.250. The molecular weight excluding hydrogens is 346 g/mol. The number of rotatable bonds is 6. The third-order valence-corrected chi connectivity index (χ3v) is 4.56. The number of nitrogens with zero attached hydrogens (tertiary/aromatic N) is 1. The van der Waals surface area contributed by atoms with Crippen LogP contribution in [0.4, 0.5) is 4.79 Å². The average molecular weight is 367 g/mol. The molecule has 0 aromatic heterocycles. The number of hydrogen-bond acceptors (Lipinski definition) is 4. The highest BCUT2D eigenvalue weighted by molar-refractivity contribution is 6.09. The fourth-order valence-corrected chi connectivity index (χ4v) is 2.97. The minimum absolute atomic E-state index is 0.330. The van der Waals surface area contributed by atoms with Gasteiger partial charge in [-0.15, -0.1) is 0 Å². The van der Waals surface area contributed by atoms with Gasteiger partial charge in [-0.2, -0.15) is 0 Å². The molecule has 4 amide bonds. The van der Waals surface area contributed by atoms with Crippen LogP contribution in [0.15, 0.2) is 54.6 Å². The van der Waals surface area contributed by atoms with Crippen LogP contribution < -0.4 is 15.4 Å². The number of nitrogens with one attached hydrogen (secondary N) is 2. The molecule has 1 aliphatic rings. The minimum Gasteiger partial charge on any atom is -0.497 e. The Morgan fingerprint density at radius 1 is 1.15 bits per heavy atom. The van der Waals surface area contributed by atoms with Crippen LogP contribution in [0.25, 0.3) is 0 Å². The highest BCUT2D eigenvalue weighted by Gasteiger charge is 2.49. The molecule has 2 N–H and O–H groups in total. The molecular formula is C20H21N3O4. The molecule has 2 aromatic rings.